The number of nitrogens with zero attached hydrogens (tertiary/aromatic N) is 2. The highest BCUT2D eigenvalue weighted by molar-refractivity contribution is 7.76. The molecule has 0 saturated heterocycles. The Bertz CT molecular complexity index is 1480. The molecule has 1 saturated carbocycles. The summed E-state index contributed by atoms with van der Waals surface area (Å²) in [5, 5.41) is 15.8. The smallest absolute Gasteiger partial charge is 0.204 e. The summed E-state index contributed by atoms with van der Waals surface area (Å²) in [5.41, 5.74) is 5.24. The molecule has 2 atom stereocenters. The predicted octanol–water partition coefficient (Wildman–Crippen LogP) is 6.86. The van der Waals surface area contributed by atoms with Crippen LogP contribution in [0.1, 0.15) is 43.2 Å². The van der Waals surface area contributed by atoms with Gasteiger partial charge < -0.3 is 0 Å². The molecule has 0 spiro atoms. The lowest BCUT2D eigenvalue weighted by molar-refractivity contribution is 0.280. The molecule has 0 radical (unpaired) electrons. The van der Waals surface area contributed by atoms with E-state index in [9.17, 15) is 5.26 Å². The summed E-state index contributed by atoms with van der Waals surface area (Å²) in [6.45, 7) is 0. The Morgan fingerprint density at radius 2 is 1.15 bits per heavy atom. The van der Waals surface area contributed by atoms with Crippen LogP contribution in [0.3, 0.4) is 0 Å². The Kier molecular flexibility index (Phi) is 7.29. The van der Waals surface area contributed by atoms with Crippen molar-refractivity contribution < 1.29 is 4.57 Å². The van der Waals surface area contributed by atoms with Crippen molar-refractivity contribution >= 4 is 23.6 Å². The van der Waals surface area contributed by atoms with Crippen LogP contribution in [0.15, 0.2) is 114 Å². The molecule has 0 heterocycles. The third kappa shape index (κ3) is 4.89. The minimum Gasteiger partial charge on any atom is -0.297 e. The van der Waals surface area contributed by atoms with E-state index in [1.807, 2.05) is 84.9 Å². The van der Waals surface area contributed by atoms with Gasteiger partial charge in [-0.2, -0.15) is 5.26 Å². The van der Waals surface area contributed by atoms with Gasteiger partial charge in [-0.05, 0) is 54.2 Å². The molecule has 0 bridgehead atoms. The molecule has 1 N–H and O–H groups in total. The van der Waals surface area contributed by atoms with Crippen molar-refractivity contribution in [2.75, 3.05) is 0 Å². The Labute approximate surface area is 230 Å². The van der Waals surface area contributed by atoms with Crippen molar-refractivity contribution in [3.8, 4) is 17.2 Å². The molecule has 6 rings (SSSR count). The average Bonchev–Trinajstić information content (AvgIpc) is 3.33. The molecular formula is C34H32N3OP. The van der Waals surface area contributed by atoms with E-state index < -0.39 is 13.3 Å². The minimum atomic E-state index is -3.26. The fraction of sp³-hybridized carbons (Fsp3) is 0.235. The topological polar surface area (TPSA) is 65.2 Å². The molecule has 4 nitrogen and oxygen atoms in total. The Morgan fingerprint density at radius 3 is 1.64 bits per heavy atom. The average molecular weight is 530 g/mol. The Morgan fingerprint density at radius 1 is 0.692 bits per heavy atom. The number of nitriles is 1. The largest absolute Gasteiger partial charge is 0.297 e. The van der Waals surface area contributed by atoms with Crippen molar-refractivity contribution in [1.29, 1.82) is 5.26 Å². The van der Waals surface area contributed by atoms with E-state index in [4.69, 9.17) is 4.99 Å². The van der Waals surface area contributed by atoms with Crippen LogP contribution in [0.2, 0.25) is 0 Å². The SMILES string of the molecule is N#C[C@@H](N=C1c2ccccc2-c2ccccc21)[C@H](NP(=O)(c1ccccc1)c1ccccc1)C1CCCCC1. The summed E-state index contributed by atoms with van der Waals surface area (Å²) in [6.07, 6.45) is 5.42. The minimum absolute atomic E-state index is 0.209. The van der Waals surface area contributed by atoms with Crippen LogP contribution in [0.25, 0.3) is 11.1 Å². The van der Waals surface area contributed by atoms with Crippen LogP contribution in [0, 0.1) is 17.2 Å². The van der Waals surface area contributed by atoms with Gasteiger partial charge in [-0.1, -0.05) is 104 Å². The van der Waals surface area contributed by atoms with Gasteiger partial charge in [0.05, 0.1) is 17.8 Å². The zero-order valence-electron chi connectivity index (χ0n) is 21.9. The Balaban J connectivity index is 1.47. The molecule has 2 aliphatic rings. The zero-order valence-corrected chi connectivity index (χ0v) is 22.8. The standard InChI is InChI=1S/C34H32N3OP/c35-24-32(36-34-30-22-12-10-20-28(30)29-21-11-13-23-31(29)34)33(25-14-4-1-5-15-25)37-39(38,26-16-6-2-7-17-26)27-18-8-3-9-19-27/h2-3,6-13,16-23,25,32-33H,1,4-5,14-15H2,(H,37,38)/t32-,33-/m1/s1. The maximum atomic E-state index is 15.1. The maximum absolute atomic E-state index is 15.1. The highest BCUT2D eigenvalue weighted by atomic mass is 31.2. The number of hydrogen-bond acceptors (Lipinski definition) is 3. The molecule has 39 heavy (non-hydrogen) atoms. The van der Waals surface area contributed by atoms with Crippen LogP contribution in [0.4, 0.5) is 0 Å². The lowest BCUT2D eigenvalue weighted by Gasteiger charge is -2.35. The Hall–Kier alpha value is -3.77. The molecule has 1 fully saturated rings. The van der Waals surface area contributed by atoms with Gasteiger partial charge in [-0.15, -0.1) is 0 Å². The normalized spacial score (nSPS) is 16.5. The molecule has 5 heteroatoms. The molecule has 2 aliphatic carbocycles. The number of nitrogens with one attached hydrogen (secondary N) is 1. The summed E-state index contributed by atoms with van der Waals surface area (Å²) >= 11 is 0. The number of benzene rings is 4. The monoisotopic (exact) mass is 529 g/mol. The van der Waals surface area contributed by atoms with Gasteiger partial charge in [0.25, 0.3) is 0 Å². The van der Waals surface area contributed by atoms with E-state index in [2.05, 4.69) is 35.4 Å². The van der Waals surface area contributed by atoms with Crippen molar-refractivity contribution in [3.63, 3.8) is 0 Å². The second-order valence-corrected chi connectivity index (χ2v) is 13.0. The van der Waals surface area contributed by atoms with Crippen LogP contribution in [0.5, 0.6) is 0 Å². The van der Waals surface area contributed by atoms with Crippen LogP contribution >= 0.6 is 7.29 Å². The first-order valence-corrected chi connectivity index (χ1v) is 15.6. The third-order valence-electron chi connectivity index (χ3n) is 8.12. The third-order valence-corrected chi connectivity index (χ3v) is 10.8. The van der Waals surface area contributed by atoms with Gasteiger partial charge >= 0.3 is 0 Å². The molecule has 0 aliphatic heterocycles. The molecule has 0 amide bonds. The summed E-state index contributed by atoms with van der Waals surface area (Å²) in [5.74, 6) is 0.209. The summed E-state index contributed by atoms with van der Waals surface area (Å²) in [4.78, 5) is 5.20. The molecular weight excluding hydrogens is 497 g/mol. The summed E-state index contributed by atoms with van der Waals surface area (Å²) in [6, 6.07) is 37.3. The van der Waals surface area contributed by atoms with Crippen LogP contribution in [-0.4, -0.2) is 17.8 Å². The van der Waals surface area contributed by atoms with Crippen molar-refractivity contribution in [3.05, 3.63) is 120 Å². The van der Waals surface area contributed by atoms with Crippen LogP contribution < -0.4 is 15.7 Å². The van der Waals surface area contributed by atoms with Crippen molar-refractivity contribution in [2.24, 2.45) is 10.9 Å². The predicted molar refractivity (Wildman–Crippen MR) is 160 cm³/mol. The van der Waals surface area contributed by atoms with Crippen molar-refractivity contribution in [1.82, 2.24) is 5.09 Å². The van der Waals surface area contributed by atoms with Gasteiger partial charge in [-0.3, -0.25) is 14.6 Å². The van der Waals surface area contributed by atoms with E-state index in [-0.39, 0.29) is 12.0 Å². The van der Waals surface area contributed by atoms with Gasteiger partial charge in [0.1, 0.15) is 0 Å². The van der Waals surface area contributed by atoms with Crippen molar-refractivity contribution in [2.45, 2.75) is 44.2 Å². The lowest BCUT2D eigenvalue weighted by atomic mass is 9.81. The molecule has 0 aromatic heterocycles. The molecule has 4 aromatic rings. The molecule has 4 aromatic carbocycles. The zero-order chi connectivity index (χ0) is 26.7. The number of rotatable bonds is 7. The van der Waals surface area contributed by atoms with E-state index >= 15 is 4.57 Å². The van der Waals surface area contributed by atoms with E-state index in [0.29, 0.717) is 0 Å². The molecule has 194 valence electrons. The lowest BCUT2D eigenvalue weighted by Crippen LogP contribution is -2.47. The van der Waals surface area contributed by atoms with Gasteiger partial charge in [0, 0.05) is 21.7 Å². The second kappa shape index (κ2) is 11.1. The van der Waals surface area contributed by atoms with Gasteiger partial charge in [0.15, 0.2) is 6.04 Å². The fourth-order valence-corrected chi connectivity index (χ4v) is 8.72. The number of hydrogen-bond donors (Lipinski definition) is 1. The van der Waals surface area contributed by atoms with E-state index in [1.165, 1.54) is 6.42 Å². The first-order valence-electron chi connectivity index (χ1n) is 13.8. The fourth-order valence-electron chi connectivity index (χ4n) is 6.17. The molecule has 0 unspecified atom stereocenters. The van der Waals surface area contributed by atoms with E-state index in [0.717, 1.165) is 64.3 Å². The number of aliphatic imine (C=N–C) groups is 1. The quantitative estimate of drug-likeness (QED) is 0.234. The van der Waals surface area contributed by atoms with Gasteiger partial charge in [0.2, 0.25) is 7.29 Å². The second-order valence-electron chi connectivity index (χ2n) is 10.5. The first kappa shape index (κ1) is 25.5. The number of fused-ring (bicyclic) bond motifs is 3. The van der Waals surface area contributed by atoms with Crippen LogP contribution in [-0.2, 0) is 4.57 Å². The maximum Gasteiger partial charge on any atom is 0.204 e. The summed E-state index contributed by atoms with van der Waals surface area (Å²) < 4.78 is 15.1. The highest BCUT2D eigenvalue weighted by Crippen LogP contribution is 2.43. The van der Waals surface area contributed by atoms with E-state index in [1.54, 1.807) is 0 Å². The highest BCUT2D eigenvalue weighted by Gasteiger charge is 2.39. The summed E-state index contributed by atoms with van der Waals surface area (Å²) in [7, 11) is -3.26. The van der Waals surface area contributed by atoms with Gasteiger partial charge in [-0.25, -0.2) is 0 Å². The first-order chi connectivity index (χ1) is 19.2.